The van der Waals surface area contributed by atoms with Crippen LogP contribution in [0.3, 0.4) is 0 Å². The van der Waals surface area contributed by atoms with E-state index in [0.717, 1.165) is 23.3 Å². The van der Waals surface area contributed by atoms with Gasteiger partial charge in [0, 0.05) is 11.6 Å². The summed E-state index contributed by atoms with van der Waals surface area (Å²) in [5.41, 5.74) is 4.09. The van der Waals surface area contributed by atoms with Crippen molar-refractivity contribution in [3.8, 4) is 11.5 Å². The van der Waals surface area contributed by atoms with Gasteiger partial charge in [-0.2, -0.15) is 5.10 Å². The first kappa shape index (κ1) is 19.9. The fourth-order valence-electron chi connectivity index (χ4n) is 2.36. The van der Waals surface area contributed by atoms with Gasteiger partial charge in [0.15, 0.2) is 6.61 Å². The van der Waals surface area contributed by atoms with Crippen molar-refractivity contribution in [3.05, 3.63) is 63.2 Å². The van der Waals surface area contributed by atoms with Gasteiger partial charge in [-0.05, 0) is 35.8 Å². The van der Waals surface area contributed by atoms with Crippen LogP contribution in [0.5, 0.6) is 11.5 Å². The Morgan fingerprint density at radius 1 is 1.30 bits per heavy atom. The zero-order valence-electron chi connectivity index (χ0n) is 15.3. The molecule has 2 aromatic carbocycles. The number of hydrogen-bond acceptors (Lipinski definition) is 6. The second kappa shape index (κ2) is 8.79. The maximum absolute atomic E-state index is 11.9. The van der Waals surface area contributed by atoms with Crippen LogP contribution >= 0.6 is 0 Å². The van der Waals surface area contributed by atoms with Gasteiger partial charge < -0.3 is 9.84 Å². The Bertz CT molecular complexity index is 878. The minimum atomic E-state index is -0.764. The van der Waals surface area contributed by atoms with E-state index in [-0.39, 0.29) is 12.5 Å². The van der Waals surface area contributed by atoms with Gasteiger partial charge in [-0.15, -0.1) is 0 Å². The largest absolute Gasteiger partial charge is 0.868 e. The van der Waals surface area contributed by atoms with Crippen LogP contribution in [0.25, 0.3) is 0 Å². The Morgan fingerprint density at radius 3 is 2.70 bits per heavy atom. The SMILES string of the molecule is Cc1ccc(C(C)C)c(OCC(=O)N/N=C\c2ccc([O-])c([N+](=O)[O-])c2)c1. The van der Waals surface area contributed by atoms with Crippen LogP contribution in [0, 0.1) is 17.0 Å². The molecular formula is C19H20N3O5-. The third kappa shape index (κ3) is 5.53. The maximum Gasteiger partial charge on any atom is 0.277 e. The van der Waals surface area contributed by atoms with Gasteiger partial charge in [-0.3, -0.25) is 14.9 Å². The number of carbonyl (C=O) groups is 1. The normalized spacial score (nSPS) is 11.0. The molecule has 0 saturated heterocycles. The summed E-state index contributed by atoms with van der Waals surface area (Å²) < 4.78 is 5.59. The molecule has 0 bridgehead atoms. The topological polar surface area (TPSA) is 117 Å². The summed E-state index contributed by atoms with van der Waals surface area (Å²) >= 11 is 0. The molecule has 8 heteroatoms. The predicted octanol–water partition coefficient (Wildman–Crippen LogP) is 2.63. The van der Waals surface area contributed by atoms with Gasteiger partial charge in [-0.1, -0.05) is 38.1 Å². The second-order valence-electron chi connectivity index (χ2n) is 6.26. The third-order valence-electron chi connectivity index (χ3n) is 3.73. The zero-order chi connectivity index (χ0) is 20.0. The lowest BCUT2D eigenvalue weighted by atomic mass is 10.0. The van der Waals surface area contributed by atoms with E-state index in [0.29, 0.717) is 11.3 Å². The maximum atomic E-state index is 11.9. The van der Waals surface area contributed by atoms with E-state index < -0.39 is 22.3 Å². The number of hydrazone groups is 1. The number of nitro benzene ring substituents is 1. The number of aryl methyl sites for hydroxylation is 1. The number of nitro groups is 1. The Hall–Kier alpha value is -3.42. The molecule has 8 nitrogen and oxygen atoms in total. The lowest BCUT2D eigenvalue weighted by Crippen LogP contribution is -2.25. The molecule has 0 aliphatic rings. The van der Waals surface area contributed by atoms with Gasteiger partial charge in [-0.25, -0.2) is 5.43 Å². The van der Waals surface area contributed by atoms with Gasteiger partial charge >= 0.3 is 0 Å². The van der Waals surface area contributed by atoms with Crippen LogP contribution in [-0.2, 0) is 4.79 Å². The van der Waals surface area contributed by atoms with Crippen molar-refractivity contribution < 1.29 is 19.6 Å². The highest BCUT2D eigenvalue weighted by Gasteiger charge is 2.10. The number of nitrogens with one attached hydrogen (secondary N) is 1. The summed E-state index contributed by atoms with van der Waals surface area (Å²) in [4.78, 5) is 21.9. The van der Waals surface area contributed by atoms with Crippen LogP contribution in [0.1, 0.15) is 36.5 Å². The summed E-state index contributed by atoms with van der Waals surface area (Å²) in [6, 6.07) is 9.38. The number of hydrogen-bond donors (Lipinski definition) is 1. The number of amides is 1. The molecule has 0 aliphatic carbocycles. The molecular weight excluding hydrogens is 350 g/mol. The first-order chi connectivity index (χ1) is 12.8. The number of nitrogens with zero attached hydrogens (tertiary/aromatic N) is 2. The Morgan fingerprint density at radius 2 is 2.04 bits per heavy atom. The summed E-state index contributed by atoms with van der Waals surface area (Å²) in [6.45, 7) is 5.79. The average molecular weight is 370 g/mol. The Kier molecular flexibility index (Phi) is 6.48. The van der Waals surface area contributed by atoms with E-state index in [1.807, 2.05) is 39.0 Å². The van der Waals surface area contributed by atoms with E-state index in [9.17, 15) is 20.0 Å². The van der Waals surface area contributed by atoms with E-state index in [4.69, 9.17) is 4.74 Å². The molecule has 1 N–H and O–H groups in total. The molecule has 0 fully saturated rings. The molecule has 0 spiro atoms. The van der Waals surface area contributed by atoms with Gasteiger partial charge in [0.05, 0.1) is 11.1 Å². The minimum Gasteiger partial charge on any atom is -0.868 e. The van der Waals surface area contributed by atoms with Gasteiger partial charge in [0.25, 0.3) is 11.6 Å². The number of ether oxygens (including phenoxy) is 1. The predicted molar refractivity (Wildman–Crippen MR) is 99.0 cm³/mol. The van der Waals surface area contributed by atoms with Crippen LogP contribution < -0.4 is 15.3 Å². The highest BCUT2D eigenvalue weighted by Crippen LogP contribution is 2.27. The van der Waals surface area contributed by atoms with Crippen molar-refractivity contribution >= 4 is 17.8 Å². The molecule has 1 amide bonds. The Labute approximate surface area is 156 Å². The zero-order valence-corrected chi connectivity index (χ0v) is 15.3. The highest BCUT2D eigenvalue weighted by molar-refractivity contribution is 5.84. The molecule has 142 valence electrons. The standard InChI is InChI=1S/C19H21N3O5/c1-12(2)15-6-4-13(3)8-18(15)27-11-19(24)21-20-10-14-5-7-17(23)16(9-14)22(25)26/h4-10,12,23H,11H2,1-3H3,(H,21,24)/p-1/b20-10-. The summed E-state index contributed by atoms with van der Waals surface area (Å²) in [7, 11) is 0. The summed E-state index contributed by atoms with van der Waals surface area (Å²) in [5.74, 6) is -0.265. The molecule has 0 aromatic heterocycles. The van der Waals surface area contributed by atoms with E-state index in [2.05, 4.69) is 10.5 Å². The monoisotopic (exact) mass is 370 g/mol. The highest BCUT2D eigenvalue weighted by atomic mass is 16.6. The van der Waals surface area contributed by atoms with Crippen LogP contribution in [0.2, 0.25) is 0 Å². The third-order valence-corrected chi connectivity index (χ3v) is 3.73. The van der Waals surface area contributed by atoms with E-state index in [1.165, 1.54) is 12.3 Å². The quantitative estimate of drug-likeness (QED) is 0.457. The lowest BCUT2D eigenvalue weighted by molar-refractivity contribution is -0.398. The number of carbonyl (C=O) groups excluding carboxylic acids is 1. The van der Waals surface area contributed by atoms with Crippen molar-refractivity contribution in [2.75, 3.05) is 6.61 Å². The molecule has 0 saturated carbocycles. The number of benzene rings is 2. The average Bonchev–Trinajstić information content (AvgIpc) is 2.61. The summed E-state index contributed by atoms with van der Waals surface area (Å²) in [6.07, 6.45) is 1.22. The fraction of sp³-hybridized carbons (Fsp3) is 0.263. The molecule has 2 rings (SSSR count). The van der Waals surface area contributed by atoms with Crippen molar-refractivity contribution in [2.45, 2.75) is 26.7 Å². The Balaban J connectivity index is 1.96. The van der Waals surface area contributed by atoms with Crippen LogP contribution in [0.15, 0.2) is 41.5 Å². The first-order valence-electron chi connectivity index (χ1n) is 8.28. The number of rotatable bonds is 7. The van der Waals surface area contributed by atoms with Crippen molar-refractivity contribution in [1.82, 2.24) is 5.43 Å². The summed E-state index contributed by atoms with van der Waals surface area (Å²) in [5, 5.41) is 25.8. The first-order valence-corrected chi connectivity index (χ1v) is 8.28. The molecule has 2 aromatic rings. The van der Waals surface area contributed by atoms with Crippen molar-refractivity contribution in [3.63, 3.8) is 0 Å². The van der Waals surface area contributed by atoms with E-state index in [1.54, 1.807) is 0 Å². The fourth-order valence-corrected chi connectivity index (χ4v) is 2.36. The molecule has 0 atom stereocenters. The molecule has 27 heavy (non-hydrogen) atoms. The van der Waals surface area contributed by atoms with Crippen molar-refractivity contribution in [1.29, 1.82) is 0 Å². The van der Waals surface area contributed by atoms with Crippen LogP contribution in [-0.4, -0.2) is 23.7 Å². The van der Waals surface area contributed by atoms with E-state index >= 15 is 0 Å². The van der Waals surface area contributed by atoms with Crippen LogP contribution in [0.4, 0.5) is 5.69 Å². The molecule has 0 radical (unpaired) electrons. The smallest absolute Gasteiger partial charge is 0.277 e. The second-order valence-corrected chi connectivity index (χ2v) is 6.26. The molecule has 0 unspecified atom stereocenters. The van der Waals surface area contributed by atoms with Gasteiger partial charge in [0.1, 0.15) is 5.75 Å². The lowest BCUT2D eigenvalue weighted by Gasteiger charge is -2.14. The minimum absolute atomic E-state index is 0.222. The molecule has 0 aliphatic heterocycles. The van der Waals surface area contributed by atoms with Gasteiger partial charge in [0.2, 0.25) is 0 Å². The molecule has 0 heterocycles. The van der Waals surface area contributed by atoms with Crippen molar-refractivity contribution in [2.24, 2.45) is 5.10 Å².